The van der Waals surface area contributed by atoms with Crippen LogP contribution >= 0.6 is 0 Å². The number of hydrogen-bond donors (Lipinski definition) is 1. The van der Waals surface area contributed by atoms with Gasteiger partial charge in [-0.2, -0.15) is 0 Å². The van der Waals surface area contributed by atoms with Crippen molar-refractivity contribution in [3.05, 3.63) is 0 Å². The molecule has 3 atom stereocenters. The second-order valence-electron chi connectivity index (χ2n) is 4.96. The van der Waals surface area contributed by atoms with Crippen molar-refractivity contribution in [3.8, 4) is 0 Å². The Bertz CT molecular complexity index is 236. The summed E-state index contributed by atoms with van der Waals surface area (Å²) in [6.07, 6.45) is -0.818. The summed E-state index contributed by atoms with van der Waals surface area (Å²) in [7, 11) is -1.35. The van der Waals surface area contributed by atoms with E-state index in [2.05, 4.69) is 19.6 Å². The van der Waals surface area contributed by atoms with E-state index >= 15 is 0 Å². The van der Waals surface area contributed by atoms with Crippen LogP contribution in [0, 0.1) is 0 Å². The van der Waals surface area contributed by atoms with E-state index in [4.69, 9.17) is 9.47 Å². The number of aliphatic hydroxyl groups excluding tert-OH is 1. The van der Waals surface area contributed by atoms with Crippen LogP contribution < -0.4 is 0 Å². The third-order valence-corrected chi connectivity index (χ3v) is 4.61. The van der Waals surface area contributed by atoms with Crippen molar-refractivity contribution in [1.29, 1.82) is 0 Å². The lowest BCUT2D eigenvalue weighted by Crippen LogP contribution is -2.34. The molecule has 1 heterocycles. The maximum absolute atomic E-state index is 11.1. The molecule has 1 aliphatic rings. The summed E-state index contributed by atoms with van der Waals surface area (Å²) < 4.78 is 10.2. The van der Waals surface area contributed by atoms with E-state index in [1.165, 1.54) is 0 Å². The smallest absolute Gasteiger partial charge is 0.308 e. The van der Waals surface area contributed by atoms with Crippen LogP contribution in [-0.2, 0) is 14.3 Å². The first-order chi connectivity index (χ1) is 6.86. The Morgan fingerprint density at radius 3 is 2.53 bits per heavy atom. The van der Waals surface area contributed by atoms with Gasteiger partial charge in [0, 0.05) is 0 Å². The van der Waals surface area contributed by atoms with Gasteiger partial charge in [-0.3, -0.25) is 4.79 Å². The topological polar surface area (TPSA) is 59.1 Å². The highest BCUT2D eigenvalue weighted by Crippen LogP contribution is 2.34. The van der Waals surface area contributed by atoms with Crippen molar-refractivity contribution in [2.75, 3.05) is 6.61 Å². The number of carbonyl (C=O) groups is 1. The van der Waals surface area contributed by atoms with Crippen LogP contribution in [0.2, 0.25) is 19.6 Å². The van der Waals surface area contributed by atoms with Gasteiger partial charge in [0.1, 0.15) is 6.10 Å². The Morgan fingerprint density at radius 1 is 1.53 bits per heavy atom. The monoisotopic (exact) mass is 232 g/mol. The van der Waals surface area contributed by atoms with Crippen LogP contribution in [0.4, 0.5) is 0 Å². The number of epoxide rings is 1. The molecule has 0 saturated carbocycles. The predicted octanol–water partition coefficient (Wildman–Crippen LogP) is 0.945. The Hall–Kier alpha value is -0.393. The van der Waals surface area contributed by atoms with Crippen LogP contribution in [-0.4, -0.2) is 43.7 Å². The first kappa shape index (κ1) is 12.7. The number of esters is 1. The number of ether oxygens (including phenoxy) is 2. The zero-order chi connectivity index (χ0) is 11.6. The van der Waals surface area contributed by atoms with E-state index in [0.29, 0.717) is 6.61 Å². The molecule has 0 unspecified atom stereocenters. The van der Waals surface area contributed by atoms with Crippen LogP contribution in [0.3, 0.4) is 0 Å². The van der Waals surface area contributed by atoms with Gasteiger partial charge in [0.15, 0.2) is 0 Å². The summed E-state index contributed by atoms with van der Waals surface area (Å²) in [6, 6.07) is 0. The number of rotatable bonds is 5. The summed E-state index contributed by atoms with van der Waals surface area (Å²) in [4.78, 5) is 11.1. The summed E-state index contributed by atoms with van der Waals surface area (Å²) in [6.45, 7) is 8.68. The lowest BCUT2D eigenvalue weighted by Gasteiger charge is -2.13. The van der Waals surface area contributed by atoms with Crippen LogP contribution in [0.5, 0.6) is 0 Å². The fraction of sp³-hybridized carbons (Fsp3) is 0.900. The molecule has 88 valence electrons. The highest BCUT2D eigenvalue weighted by atomic mass is 28.3. The van der Waals surface area contributed by atoms with Gasteiger partial charge in [-0.15, -0.1) is 0 Å². The molecule has 0 radical (unpaired) electrons. The van der Waals surface area contributed by atoms with Crippen molar-refractivity contribution in [2.45, 2.75) is 50.9 Å². The normalized spacial score (nSPS) is 27.3. The van der Waals surface area contributed by atoms with Crippen molar-refractivity contribution in [3.63, 3.8) is 0 Å². The first-order valence-electron chi connectivity index (χ1n) is 5.35. The van der Waals surface area contributed by atoms with Crippen LogP contribution in [0.1, 0.15) is 13.3 Å². The van der Waals surface area contributed by atoms with Crippen LogP contribution in [0.25, 0.3) is 0 Å². The Kier molecular flexibility index (Phi) is 3.91. The van der Waals surface area contributed by atoms with Gasteiger partial charge >= 0.3 is 5.97 Å². The molecule has 5 heteroatoms. The van der Waals surface area contributed by atoms with Crippen molar-refractivity contribution >= 4 is 14.0 Å². The summed E-state index contributed by atoms with van der Waals surface area (Å²) in [5, 5.41) is 9.72. The van der Waals surface area contributed by atoms with E-state index in [0.717, 1.165) is 0 Å². The molecule has 4 nitrogen and oxygen atoms in total. The Balaban J connectivity index is 2.32. The average molecular weight is 232 g/mol. The highest BCUT2D eigenvalue weighted by Gasteiger charge is 2.52. The molecule has 0 aromatic carbocycles. The average Bonchev–Trinajstić information content (AvgIpc) is 2.80. The first-order valence-corrected chi connectivity index (χ1v) is 8.93. The van der Waals surface area contributed by atoms with Gasteiger partial charge in [0.2, 0.25) is 0 Å². The molecule has 1 N–H and O–H groups in total. The van der Waals surface area contributed by atoms with Gasteiger partial charge in [-0.25, -0.2) is 0 Å². The van der Waals surface area contributed by atoms with E-state index in [1.807, 2.05) is 0 Å². The summed E-state index contributed by atoms with van der Waals surface area (Å²) in [5.41, 5.74) is 0.182. The zero-order valence-electron chi connectivity index (χ0n) is 9.82. The molecule has 0 aromatic heterocycles. The maximum Gasteiger partial charge on any atom is 0.308 e. The second kappa shape index (κ2) is 4.63. The maximum atomic E-state index is 11.1. The number of aliphatic hydroxyl groups is 1. The summed E-state index contributed by atoms with van der Waals surface area (Å²) in [5.74, 6) is -0.352. The molecule has 0 spiro atoms. The van der Waals surface area contributed by atoms with Gasteiger partial charge < -0.3 is 14.6 Å². The minimum Gasteiger partial charge on any atom is -0.466 e. The van der Waals surface area contributed by atoms with Gasteiger partial charge in [0.25, 0.3) is 0 Å². The van der Waals surface area contributed by atoms with E-state index in [1.54, 1.807) is 6.92 Å². The van der Waals surface area contributed by atoms with Gasteiger partial charge in [0.05, 0.1) is 32.9 Å². The third kappa shape index (κ3) is 3.59. The highest BCUT2D eigenvalue weighted by molar-refractivity contribution is 6.78. The standard InChI is InChI=1S/C10H20O4Si/c1-5-13-8(12)6-7(11)9-10(14-9)15(2,3)4/h7,9-11H,5-6H2,1-4H3/t7-,9+,10+/m1/s1. The molecule has 15 heavy (non-hydrogen) atoms. The summed E-state index contributed by atoms with van der Waals surface area (Å²) >= 11 is 0. The van der Waals surface area contributed by atoms with Crippen molar-refractivity contribution in [2.24, 2.45) is 0 Å². The Labute approximate surface area is 91.6 Å². The molecule has 0 amide bonds. The number of carbonyl (C=O) groups excluding carboxylic acids is 1. The molecular formula is C10H20O4Si. The van der Waals surface area contributed by atoms with Crippen LogP contribution in [0.15, 0.2) is 0 Å². The van der Waals surface area contributed by atoms with Gasteiger partial charge in [-0.1, -0.05) is 19.6 Å². The molecule has 0 aromatic rings. The van der Waals surface area contributed by atoms with E-state index in [9.17, 15) is 9.90 Å². The molecule has 0 bridgehead atoms. The lowest BCUT2D eigenvalue weighted by atomic mass is 10.2. The molecular weight excluding hydrogens is 212 g/mol. The lowest BCUT2D eigenvalue weighted by molar-refractivity contribution is -0.145. The minimum absolute atomic E-state index is 0.0412. The predicted molar refractivity (Wildman–Crippen MR) is 59.3 cm³/mol. The largest absolute Gasteiger partial charge is 0.466 e. The molecule has 1 fully saturated rings. The SMILES string of the molecule is CCOC(=O)C[C@@H](O)[C@@H]1O[C@H]1[Si](C)(C)C. The third-order valence-electron chi connectivity index (χ3n) is 2.44. The number of hydrogen-bond acceptors (Lipinski definition) is 4. The van der Waals surface area contributed by atoms with Crippen molar-refractivity contribution in [1.82, 2.24) is 0 Å². The molecule has 1 aliphatic heterocycles. The molecule has 1 rings (SSSR count). The molecule has 0 aliphatic carbocycles. The van der Waals surface area contributed by atoms with E-state index in [-0.39, 0.29) is 24.2 Å². The fourth-order valence-corrected chi connectivity index (χ4v) is 3.39. The Morgan fingerprint density at radius 2 is 2.13 bits per heavy atom. The second-order valence-corrected chi connectivity index (χ2v) is 10.3. The van der Waals surface area contributed by atoms with Crippen molar-refractivity contribution < 1.29 is 19.4 Å². The molecule has 1 saturated heterocycles. The van der Waals surface area contributed by atoms with E-state index < -0.39 is 14.2 Å². The van der Waals surface area contributed by atoms with Gasteiger partial charge in [-0.05, 0) is 6.92 Å². The fourth-order valence-electron chi connectivity index (χ4n) is 1.62. The zero-order valence-corrected chi connectivity index (χ0v) is 10.8. The minimum atomic E-state index is -1.35. The quantitative estimate of drug-likeness (QED) is 0.435.